The van der Waals surface area contributed by atoms with Gasteiger partial charge in [-0.25, -0.2) is 0 Å². The fraction of sp³-hybridized carbons (Fsp3) is 0.333. The number of ether oxygens (including phenoxy) is 1. The number of unbranched alkanes of at least 4 members (excludes halogenated alkanes) is 1. The Morgan fingerprint density at radius 1 is 1.14 bits per heavy atom. The zero-order valence-electron chi connectivity index (χ0n) is 16.8. The van der Waals surface area contributed by atoms with Gasteiger partial charge in [-0.2, -0.15) is 0 Å². The average molecular weight is 407 g/mol. The molecule has 0 atom stereocenters. The summed E-state index contributed by atoms with van der Waals surface area (Å²) in [6.45, 7) is 3.40. The first kappa shape index (κ1) is 19.6. The van der Waals surface area contributed by atoms with Crippen molar-refractivity contribution in [1.29, 1.82) is 0 Å². The lowest BCUT2D eigenvalue weighted by atomic mass is 9.93. The van der Waals surface area contributed by atoms with Gasteiger partial charge in [-0.1, -0.05) is 49.7 Å². The van der Waals surface area contributed by atoms with Crippen molar-refractivity contribution in [2.45, 2.75) is 45.6 Å². The lowest BCUT2D eigenvalue weighted by molar-refractivity contribution is -0.119. The molecule has 3 aromatic rings. The maximum Gasteiger partial charge on any atom is 0.227 e. The predicted molar refractivity (Wildman–Crippen MR) is 118 cm³/mol. The van der Waals surface area contributed by atoms with Crippen LogP contribution in [0.4, 0.5) is 5.69 Å². The molecule has 0 bridgehead atoms. The summed E-state index contributed by atoms with van der Waals surface area (Å²) in [5.74, 6) is 0.988. The normalized spacial score (nSPS) is 13.4. The first-order valence-electron chi connectivity index (χ1n) is 10.3. The van der Waals surface area contributed by atoms with Crippen molar-refractivity contribution >= 4 is 22.9 Å². The highest BCUT2D eigenvalue weighted by Gasteiger charge is 2.29. The zero-order chi connectivity index (χ0) is 20.1. The number of anilines is 1. The molecular weight excluding hydrogens is 380 g/mol. The van der Waals surface area contributed by atoms with Crippen molar-refractivity contribution in [3.05, 3.63) is 75.7 Å². The van der Waals surface area contributed by atoms with Crippen LogP contribution in [0, 0.1) is 0 Å². The lowest BCUT2D eigenvalue weighted by Gasteiger charge is -2.32. The van der Waals surface area contributed by atoms with E-state index in [1.807, 2.05) is 40.9 Å². The van der Waals surface area contributed by atoms with E-state index < -0.39 is 0 Å². The summed E-state index contributed by atoms with van der Waals surface area (Å²) in [7, 11) is 0. The van der Waals surface area contributed by atoms with E-state index in [1.54, 1.807) is 11.3 Å². The molecule has 0 saturated heterocycles. The number of rotatable bonds is 8. The first-order chi connectivity index (χ1) is 14.3. The van der Waals surface area contributed by atoms with E-state index in [4.69, 9.17) is 4.74 Å². The van der Waals surface area contributed by atoms with Crippen LogP contribution in [0.5, 0.6) is 5.75 Å². The van der Waals surface area contributed by atoms with Gasteiger partial charge in [-0.3, -0.25) is 9.78 Å². The van der Waals surface area contributed by atoms with Crippen molar-refractivity contribution in [2.24, 2.45) is 0 Å². The van der Waals surface area contributed by atoms with Crippen molar-refractivity contribution < 1.29 is 9.53 Å². The summed E-state index contributed by atoms with van der Waals surface area (Å²) in [4.78, 5) is 20.3. The highest BCUT2D eigenvalue weighted by Crippen LogP contribution is 2.40. The van der Waals surface area contributed by atoms with E-state index in [2.05, 4.69) is 30.1 Å². The van der Waals surface area contributed by atoms with Gasteiger partial charge in [0.1, 0.15) is 5.75 Å². The second kappa shape index (κ2) is 9.23. The van der Waals surface area contributed by atoms with Gasteiger partial charge in [0.2, 0.25) is 5.91 Å². The number of fused-ring (bicyclic) bond motifs is 1. The number of amides is 1. The van der Waals surface area contributed by atoms with E-state index in [-0.39, 0.29) is 5.91 Å². The summed E-state index contributed by atoms with van der Waals surface area (Å²) in [5, 5.41) is 0. The Hall–Kier alpha value is -2.66. The van der Waals surface area contributed by atoms with E-state index in [9.17, 15) is 4.79 Å². The molecule has 0 N–H and O–H groups in total. The fourth-order valence-electron chi connectivity index (χ4n) is 3.78. The molecule has 2 aromatic carbocycles. The summed E-state index contributed by atoms with van der Waals surface area (Å²) >= 11 is 1.67. The average Bonchev–Trinajstić information content (AvgIpc) is 3.25. The minimum atomic E-state index is 0.164. The predicted octanol–water partition coefficient (Wildman–Crippen LogP) is 5.39. The van der Waals surface area contributed by atoms with Crippen LogP contribution in [-0.2, 0) is 24.2 Å². The summed E-state index contributed by atoms with van der Waals surface area (Å²) in [6, 6.07) is 14.4. The second-order valence-corrected chi connectivity index (χ2v) is 8.33. The molecule has 1 aliphatic heterocycles. The molecule has 0 unspecified atom stereocenters. The van der Waals surface area contributed by atoms with Crippen LogP contribution in [0.25, 0.3) is 0 Å². The van der Waals surface area contributed by atoms with Gasteiger partial charge in [0.05, 0.1) is 24.3 Å². The summed E-state index contributed by atoms with van der Waals surface area (Å²) in [6.07, 6.45) is 6.16. The SMILES string of the molecule is CCCCOc1ccc(Cc2cncs2)c2c1N(Cc1ccccc1)C(=O)CC2. The van der Waals surface area contributed by atoms with Crippen LogP contribution < -0.4 is 9.64 Å². The highest BCUT2D eigenvalue weighted by molar-refractivity contribution is 7.09. The Morgan fingerprint density at radius 2 is 2.00 bits per heavy atom. The van der Waals surface area contributed by atoms with Crippen molar-refractivity contribution in [1.82, 2.24) is 4.98 Å². The van der Waals surface area contributed by atoms with Gasteiger partial charge in [0.25, 0.3) is 0 Å². The lowest BCUT2D eigenvalue weighted by Crippen LogP contribution is -2.35. The van der Waals surface area contributed by atoms with E-state index >= 15 is 0 Å². The van der Waals surface area contributed by atoms with E-state index in [1.165, 1.54) is 16.0 Å². The first-order valence-corrected chi connectivity index (χ1v) is 11.1. The molecule has 0 radical (unpaired) electrons. The minimum Gasteiger partial charge on any atom is -0.491 e. The van der Waals surface area contributed by atoms with Gasteiger partial charge in [0, 0.05) is 23.9 Å². The van der Waals surface area contributed by atoms with Crippen molar-refractivity contribution in [2.75, 3.05) is 11.5 Å². The van der Waals surface area contributed by atoms with Crippen LogP contribution in [0.15, 0.2) is 54.2 Å². The standard InChI is InChI=1S/C24H26N2O2S/c1-2-3-13-28-22-11-9-19(14-20-15-25-17-29-20)21-10-12-23(27)26(24(21)22)16-18-7-5-4-6-8-18/h4-9,11,15,17H,2-3,10,12-14,16H2,1H3. The van der Waals surface area contributed by atoms with Crippen LogP contribution in [0.2, 0.25) is 0 Å². The molecule has 0 fully saturated rings. The number of carbonyl (C=O) groups excluding carboxylic acids is 1. The molecule has 1 amide bonds. The largest absolute Gasteiger partial charge is 0.491 e. The van der Waals surface area contributed by atoms with Gasteiger partial charge < -0.3 is 9.64 Å². The van der Waals surface area contributed by atoms with Crippen LogP contribution in [0.1, 0.15) is 47.8 Å². The minimum absolute atomic E-state index is 0.164. The Balaban J connectivity index is 1.73. The van der Waals surface area contributed by atoms with E-state index in [0.29, 0.717) is 19.6 Å². The number of benzene rings is 2. The molecule has 29 heavy (non-hydrogen) atoms. The third-order valence-corrected chi connectivity index (χ3v) is 6.07. The smallest absolute Gasteiger partial charge is 0.227 e. The van der Waals surface area contributed by atoms with Crippen LogP contribution in [0.3, 0.4) is 0 Å². The molecule has 5 heteroatoms. The van der Waals surface area contributed by atoms with Gasteiger partial charge in [0.15, 0.2) is 0 Å². The fourth-order valence-corrected chi connectivity index (χ4v) is 4.40. The third-order valence-electron chi connectivity index (χ3n) is 5.29. The number of nitrogens with zero attached hydrogens (tertiary/aromatic N) is 2. The quantitative estimate of drug-likeness (QED) is 0.471. The molecule has 0 saturated carbocycles. The van der Waals surface area contributed by atoms with Crippen LogP contribution in [-0.4, -0.2) is 17.5 Å². The third kappa shape index (κ3) is 4.51. The topological polar surface area (TPSA) is 42.4 Å². The Kier molecular flexibility index (Phi) is 6.25. The van der Waals surface area contributed by atoms with Crippen LogP contribution >= 0.6 is 11.3 Å². The molecule has 0 spiro atoms. The highest BCUT2D eigenvalue weighted by atomic mass is 32.1. The molecule has 150 valence electrons. The number of aromatic nitrogens is 1. The molecule has 4 nitrogen and oxygen atoms in total. The molecule has 1 aliphatic rings. The van der Waals surface area contributed by atoms with Crippen molar-refractivity contribution in [3.8, 4) is 5.75 Å². The Morgan fingerprint density at radius 3 is 2.76 bits per heavy atom. The second-order valence-electron chi connectivity index (χ2n) is 7.36. The molecule has 1 aromatic heterocycles. The van der Waals surface area contributed by atoms with E-state index in [0.717, 1.165) is 42.7 Å². The monoisotopic (exact) mass is 406 g/mol. The Labute approximate surface area is 176 Å². The summed E-state index contributed by atoms with van der Waals surface area (Å²) in [5.41, 5.74) is 6.46. The number of carbonyl (C=O) groups is 1. The van der Waals surface area contributed by atoms with Gasteiger partial charge >= 0.3 is 0 Å². The van der Waals surface area contributed by atoms with Gasteiger partial charge in [-0.15, -0.1) is 11.3 Å². The van der Waals surface area contributed by atoms with Crippen molar-refractivity contribution in [3.63, 3.8) is 0 Å². The Bertz CT molecular complexity index is 955. The molecule has 2 heterocycles. The number of hydrogen-bond donors (Lipinski definition) is 0. The number of hydrogen-bond acceptors (Lipinski definition) is 4. The number of thiazole rings is 1. The zero-order valence-corrected chi connectivity index (χ0v) is 17.6. The molecule has 0 aliphatic carbocycles. The molecular formula is C24H26N2O2S. The summed E-state index contributed by atoms with van der Waals surface area (Å²) < 4.78 is 6.15. The maximum absolute atomic E-state index is 12.9. The maximum atomic E-state index is 12.9. The molecule has 4 rings (SSSR count). The van der Waals surface area contributed by atoms with Gasteiger partial charge in [-0.05, 0) is 35.6 Å².